The predicted octanol–water partition coefficient (Wildman–Crippen LogP) is 0.154. The highest BCUT2D eigenvalue weighted by Crippen LogP contribution is 2.23. The molecule has 0 aliphatic heterocycles. The monoisotopic (exact) mass is 184 g/mol. The summed E-state index contributed by atoms with van der Waals surface area (Å²) in [7, 11) is 0. The summed E-state index contributed by atoms with van der Waals surface area (Å²) in [5, 5.41) is 8.40. The number of nitrogen functional groups attached to an aromatic ring is 2. The lowest BCUT2D eigenvalue weighted by molar-refractivity contribution is -0.211. The zero-order valence-corrected chi connectivity index (χ0v) is 7.06. The van der Waals surface area contributed by atoms with Crippen molar-refractivity contribution < 1.29 is 14.9 Å². The molecule has 0 radical (unpaired) electrons. The summed E-state index contributed by atoms with van der Waals surface area (Å²) in [4.78, 5) is 9.41. The van der Waals surface area contributed by atoms with Crippen molar-refractivity contribution in [3.8, 4) is 5.75 Å². The van der Waals surface area contributed by atoms with Gasteiger partial charge in [0.25, 0.3) is 0 Å². The van der Waals surface area contributed by atoms with E-state index in [2.05, 4.69) is 4.89 Å². The van der Waals surface area contributed by atoms with Gasteiger partial charge in [0.15, 0.2) is 5.75 Å². The largest absolute Gasteiger partial charge is 0.399 e. The molecule has 0 aliphatic carbocycles. The van der Waals surface area contributed by atoms with Gasteiger partial charge in [0, 0.05) is 5.69 Å². The SMILES string of the molecule is Nc1ccc(OOCCO)c(N)c1. The lowest BCUT2D eigenvalue weighted by Gasteiger charge is -2.06. The van der Waals surface area contributed by atoms with E-state index in [0.717, 1.165) is 0 Å². The molecule has 0 saturated carbocycles. The zero-order valence-electron chi connectivity index (χ0n) is 7.06. The molecule has 1 aromatic rings. The first-order chi connectivity index (χ1) is 6.24. The van der Waals surface area contributed by atoms with Gasteiger partial charge in [-0.3, -0.25) is 0 Å². The van der Waals surface area contributed by atoms with Gasteiger partial charge < -0.3 is 21.5 Å². The van der Waals surface area contributed by atoms with Crippen molar-refractivity contribution in [3.63, 3.8) is 0 Å². The summed E-state index contributed by atoms with van der Waals surface area (Å²) >= 11 is 0. The Balaban J connectivity index is 2.56. The van der Waals surface area contributed by atoms with Gasteiger partial charge in [-0.1, -0.05) is 0 Å². The smallest absolute Gasteiger partial charge is 0.188 e. The zero-order chi connectivity index (χ0) is 9.68. The first kappa shape index (κ1) is 9.63. The van der Waals surface area contributed by atoms with E-state index in [-0.39, 0.29) is 13.2 Å². The number of aliphatic hydroxyl groups is 1. The summed E-state index contributed by atoms with van der Waals surface area (Å²) in [5.74, 6) is 0.391. The van der Waals surface area contributed by atoms with Crippen LogP contribution in [-0.4, -0.2) is 18.3 Å². The molecule has 0 spiro atoms. The molecule has 0 fully saturated rings. The van der Waals surface area contributed by atoms with E-state index in [1.807, 2.05) is 0 Å². The van der Waals surface area contributed by atoms with Gasteiger partial charge in [-0.25, -0.2) is 0 Å². The Hall–Kier alpha value is -1.46. The van der Waals surface area contributed by atoms with Crippen LogP contribution in [0.3, 0.4) is 0 Å². The van der Waals surface area contributed by atoms with E-state index >= 15 is 0 Å². The minimum absolute atomic E-state index is 0.101. The first-order valence-electron chi connectivity index (χ1n) is 3.79. The molecule has 5 N–H and O–H groups in total. The van der Waals surface area contributed by atoms with Crippen molar-refractivity contribution >= 4 is 11.4 Å². The van der Waals surface area contributed by atoms with Crippen LogP contribution in [0.1, 0.15) is 0 Å². The molecule has 1 aromatic carbocycles. The van der Waals surface area contributed by atoms with Crippen molar-refractivity contribution in [2.24, 2.45) is 0 Å². The molecular formula is C8H12N2O3. The molecule has 0 atom stereocenters. The van der Waals surface area contributed by atoms with Crippen LogP contribution in [0.15, 0.2) is 18.2 Å². The van der Waals surface area contributed by atoms with Crippen molar-refractivity contribution in [1.29, 1.82) is 0 Å². The Labute approximate surface area is 75.8 Å². The maximum atomic E-state index is 8.40. The second-order valence-corrected chi connectivity index (χ2v) is 2.43. The van der Waals surface area contributed by atoms with E-state index in [1.54, 1.807) is 18.2 Å². The molecule has 5 heteroatoms. The molecule has 0 bridgehead atoms. The predicted molar refractivity (Wildman–Crippen MR) is 48.9 cm³/mol. The Morgan fingerprint density at radius 1 is 1.31 bits per heavy atom. The number of hydrogen-bond acceptors (Lipinski definition) is 5. The number of hydrogen-bond donors (Lipinski definition) is 3. The molecule has 72 valence electrons. The second-order valence-electron chi connectivity index (χ2n) is 2.43. The van der Waals surface area contributed by atoms with Crippen LogP contribution in [0.25, 0.3) is 0 Å². The topological polar surface area (TPSA) is 90.7 Å². The number of anilines is 2. The summed E-state index contributed by atoms with van der Waals surface area (Å²) in [6.45, 7) is -0.00130. The molecule has 5 nitrogen and oxygen atoms in total. The molecule has 0 aromatic heterocycles. The van der Waals surface area contributed by atoms with Gasteiger partial charge in [-0.15, -0.1) is 0 Å². The fourth-order valence-electron chi connectivity index (χ4n) is 0.785. The summed E-state index contributed by atoms with van der Waals surface area (Å²) in [6.07, 6.45) is 0. The quantitative estimate of drug-likeness (QED) is 0.268. The van der Waals surface area contributed by atoms with Crippen molar-refractivity contribution in [2.45, 2.75) is 0 Å². The molecule has 0 unspecified atom stereocenters. The lowest BCUT2D eigenvalue weighted by Crippen LogP contribution is -2.04. The lowest BCUT2D eigenvalue weighted by atomic mass is 10.3. The standard InChI is InChI=1S/C8H12N2O3/c9-6-1-2-8(7(10)5-6)13-12-4-3-11/h1-2,5,11H,3-4,9-10H2. The van der Waals surface area contributed by atoms with Gasteiger partial charge in [0.1, 0.15) is 6.61 Å². The maximum Gasteiger partial charge on any atom is 0.188 e. The van der Waals surface area contributed by atoms with E-state index < -0.39 is 0 Å². The third-order valence-corrected chi connectivity index (χ3v) is 1.36. The number of nitrogens with two attached hydrogens (primary N) is 2. The average Bonchev–Trinajstić information content (AvgIpc) is 2.09. The van der Waals surface area contributed by atoms with Crippen LogP contribution < -0.4 is 16.4 Å². The second kappa shape index (κ2) is 4.54. The fraction of sp³-hybridized carbons (Fsp3) is 0.250. The van der Waals surface area contributed by atoms with E-state index in [0.29, 0.717) is 17.1 Å². The van der Waals surface area contributed by atoms with Crippen molar-refractivity contribution in [3.05, 3.63) is 18.2 Å². The number of aliphatic hydroxyl groups excluding tert-OH is 1. The van der Waals surface area contributed by atoms with Crippen LogP contribution in [0.4, 0.5) is 11.4 Å². The van der Waals surface area contributed by atoms with Crippen molar-refractivity contribution in [1.82, 2.24) is 0 Å². The highest BCUT2D eigenvalue weighted by molar-refractivity contribution is 5.60. The Morgan fingerprint density at radius 3 is 2.69 bits per heavy atom. The average molecular weight is 184 g/mol. The van der Waals surface area contributed by atoms with Crippen LogP contribution in [0.2, 0.25) is 0 Å². The van der Waals surface area contributed by atoms with Gasteiger partial charge in [-0.2, -0.15) is 4.89 Å². The third kappa shape index (κ3) is 2.81. The van der Waals surface area contributed by atoms with E-state index in [4.69, 9.17) is 21.5 Å². The minimum atomic E-state index is -0.102. The minimum Gasteiger partial charge on any atom is -0.399 e. The normalized spacial score (nSPS) is 9.92. The van der Waals surface area contributed by atoms with Gasteiger partial charge in [-0.05, 0) is 18.2 Å². The van der Waals surface area contributed by atoms with Gasteiger partial charge in [0.2, 0.25) is 0 Å². The molecule has 1 rings (SSSR count). The molecule has 0 heterocycles. The Bertz CT molecular complexity index is 278. The van der Waals surface area contributed by atoms with Crippen LogP contribution in [0.5, 0.6) is 5.75 Å². The molecular weight excluding hydrogens is 172 g/mol. The molecule has 13 heavy (non-hydrogen) atoms. The number of benzene rings is 1. The summed E-state index contributed by atoms with van der Waals surface area (Å²) in [6, 6.07) is 4.81. The van der Waals surface area contributed by atoms with E-state index in [9.17, 15) is 0 Å². The van der Waals surface area contributed by atoms with Gasteiger partial charge in [0.05, 0.1) is 12.3 Å². The molecule has 0 aliphatic rings. The number of rotatable bonds is 4. The van der Waals surface area contributed by atoms with Crippen molar-refractivity contribution in [2.75, 3.05) is 24.7 Å². The Morgan fingerprint density at radius 2 is 2.08 bits per heavy atom. The highest BCUT2D eigenvalue weighted by atomic mass is 17.2. The van der Waals surface area contributed by atoms with Crippen LogP contribution in [0, 0.1) is 0 Å². The third-order valence-electron chi connectivity index (χ3n) is 1.36. The van der Waals surface area contributed by atoms with Crippen LogP contribution in [-0.2, 0) is 4.89 Å². The van der Waals surface area contributed by atoms with Crippen LogP contribution >= 0.6 is 0 Å². The fourth-order valence-corrected chi connectivity index (χ4v) is 0.785. The van der Waals surface area contributed by atoms with E-state index in [1.165, 1.54) is 0 Å². The molecule has 0 amide bonds. The molecule has 0 saturated heterocycles. The summed E-state index contributed by atoms with van der Waals surface area (Å²) in [5.41, 5.74) is 12.0. The highest BCUT2D eigenvalue weighted by Gasteiger charge is 2.00. The first-order valence-corrected chi connectivity index (χ1v) is 3.79. The Kier molecular flexibility index (Phi) is 3.36. The maximum absolute atomic E-state index is 8.40. The van der Waals surface area contributed by atoms with Gasteiger partial charge >= 0.3 is 0 Å². The summed E-state index contributed by atoms with van der Waals surface area (Å²) < 4.78 is 0.